The Balaban J connectivity index is 2.21. The molecule has 2 rings (SSSR count). The molecule has 0 bridgehead atoms. The van der Waals surface area contributed by atoms with Gasteiger partial charge in [-0.2, -0.15) is 0 Å². The number of amides is 2. The molecule has 1 atom stereocenters. The van der Waals surface area contributed by atoms with Crippen LogP contribution >= 0.6 is 0 Å². The molecule has 0 aromatic heterocycles. The van der Waals surface area contributed by atoms with E-state index >= 15 is 0 Å². The van der Waals surface area contributed by atoms with E-state index in [0.717, 1.165) is 5.56 Å². The van der Waals surface area contributed by atoms with Gasteiger partial charge in [0.1, 0.15) is 23.4 Å². The highest BCUT2D eigenvalue weighted by Crippen LogP contribution is 2.23. The number of halogens is 1. The summed E-state index contributed by atoms with van der Waals surface area (Å²) < 4.78 is 24.3. The molecule has 0 aliphatic heterocycles. The van der Waals surface area contributed by atoms with Crippen LogP contribution in [0.2, 0.25) is 0 Å². The van der Waals surface area contributed by atoms with Gasteiger partial charge in [-0.25, -0.2) is 4.39 Å². The topological polar surface area (TPSA) is 76.7 Å². The molecular formula is C21H25FN2O4. The normalized spacial score (nSPS) is 11.7. The van der Waals surface area contributed by atoms with Crippen molar-refractivity contribution in [3.8, 4) is 11.5 Å². The predicted molar refractivity (Wildman–Crippen MR) is 105 cm³/mol. The van der Waals surface area contributed by atoms with Gasteiger partial charge >= 0.3 is 0 Å². The first-order chi connectivity index (χ1) is 13.2. The zero-order chi connectivity index (χ0) is 20.8. The van der Waals surface area contributed by atoms with Gasteiger partial charge in [0.25, 0.3) is 5.91 Å². The van der Waals surface area contributed by atoms with Crippen LogP contribution in [0.4, 0.5) is 10.1 Å². The molecule has 2 N–H and O–H groups in total. The first-order valence-electron chi connectivity index (χ1n) is 8.86. The first-order valence-corrected chi connectivity index (χ1v) is 8.86. The third kappa shape index (κ3) is 5.22. The maximum absolute atomic E-state index is 14.0. The Hall–Kier alpha value is -3.09. The summed E-state index contributed by atoms with van der Waals surface area (Å²) in [5.74, 6) is -0.804. The summed E-state index contributed by atoms with van der Waals surface area (Å²) in [5.41, 5.74) is 1.18. The molecule has 0 fully saturated rings. The highest BCUT2D eigenvalue weighted by molar-refractivity contribution is 6.01. The fourth-order valence-electron chi connectivity index (χ4n) is 2.64. The molecule has 0 heterocycles. The fourth-order valence-corrected chi connectivity index (χ4v) is 2.64. The monoisotopic (exact) mass is 388 g/mol. The number of carbonyl (C=O) groups excluding carboxylic acids is 2. The van der Waals surface area contributed by atoms with Crippen LogP contribution in [-0.2, 0) is 4.79 Å². The summed E-state index contributed by atoms with van der Waals surface area (Å²) in [6.45, 7) is 5.39. The Morgan fingerprint density at radius 1 is 1.00 bits per heavy atom. The van der Waals surface area contributed by atoms with E-state index in [1.165, 1.54) is 20.3 Å². The molecular weight excluding hydrogens is 363 g/mol. The molecule has 0 aliphatic rings. The highest BCUT2D eigenvalue weighted by Gasteiger charge is 2.26. The van der Waals surface area contributed by atoms with Gasteiger partial charge in [0, 0.05) is 11.6 Å². The highest BCUT2D eigenvalue weighted by atomic mass is 19.1. The number of ether oxygens (including phenoxy) is 2. The second-order valence-corrected chi connectivity index (χ2v) is 6.77. The Morgan fingerprint density at radius 2 is 1.61 bits per heavy atom. The Kier molecular flexibility index (Phi) is 6.98. The average Bonchev–Trinajstić information content (AvgIpc) is 2.67. The van der Waals surface area contributed by atoms with Crippen molar-refractivity contribution >= 4 is 17.5 Å². The van der Waals surface area contributed by atoms with Crippen molar-refractivity contribution in [3.05, 3.63) is 53.3 Å². The van der Waals surface area contributed by atoms with Gasteiger partial charge in [0.15, 0.2) is 0 Å². The van der Waals surface area contributed by atoms with E-state index in [2.05, 4.69) is 10.6 Å². The largest absolute Gasteiger partial charge is 0.497 e. The van der Waals surface area contributed by atoms with Crippen LogP contribution in [0, 0.1) is 18.7 Å². The number of carbonyl (C=O) groups is 2. The van der Waals surface area contributed by atoms with E-state index in [1.807, 2.05) is 0 Å². The van der Waals surface area contributed by atoms with Crippen molar-refractivity contribution in [1.82, 2.24) is 5.32 Å². The number of rotatable bonds is 7. The van der Waals surface area contributed by atoms with Gasteiger partial charge < -0.3 is 20.1 Å². The molecule has 2 aromatic carbocycles. The van der Waals surface area contributed by atoms with Crippen LogP contribution in [0.15, 0.2) is 36.4 Å². The second-order valence-electron chi connectivity index (χ2n) is 6.77. The maximum atomic E-state index is 14.0. The number of hydrogen-bond donors (Lipinski definition) is 2. The van der Waals surface area contributed by atoms with Crippen LogP contribution in [0.25, 0.3) is 0 Å². The summed E-state index contributed by atoms with van der Waals surface area (Å²) in [7, 11) is 2.97. The Bertz CT molecular complexity index is 845. The van der Waals surface area contributed by atoms with Gasteiger partial charge in [-0.3, -0.25) is 9.59 Å². The smallest absolute Gasteiger partial charge is 0.252 e. The molecule has 0 saturated carbocycles. The minimum atomic E-state index is -0.857. The molecule has 0 spiro atoms. The maximum Gasteiger partial charge on any atom is 0.252 e. The minimum Gasteiger partial charge on any atom is -0.497 e. The van der Waals surface area contributed by atoms with Gasteiger partial charge in [-0.15, -0.1) is 0 Å². The van der Waals surface area contributed by atoms with E-state index < -0.39 is 23.7 Å². The number of nitrogens with one attached hydrogen (secondary N) is 2. The Labute approximate surface area is 164 Å². The molecule has 2 aromatic rings. The van der Waals surface area contributed by atoms with Crippen molar-refractivity contribution in [2.45, 2.75) is 26.8 Å². The van der Waals surface area contributed by atoms with E-state index in [9.17, 15) is 14.0 Å². The van der Waals surface area contributed by atoms with Crippen LogP contribution in [0.3, 0.4) is 0 Å². The quantitative estimate of drug-likeness (QED) is 0.761. The number of anilines is 1. The van der Waals surface area contributed by atoms with Crippen molar-refractivity contribution in [1.29, 1.82) is 0 Å². The van der Waals surface area contributed by atoms with Crippen molar-refractivity contribution in [2.24, 2.45) is 5.92 Å². The van der Waals surface area contributed by atoms with Crippen LogP contribution in [-0.4, -0.2) is 32.1 Å². The third-order valence-electron chi connectivity index (χ3n) is 4.23. The summed E-state index contributed by atoms with van der Waals surface area (Å²) >= 11 is 0. The predicted octanol–water partition coefficient (Wildman–Crippen LogP) is 3.54. The molecule has 0 saturated heterocycles. The van der Waals surface area contributed by atoms with Crippen molar-refractivity contribution < 1.29 is 23.5 Å². The van der Waals surface area contributed by atoms with Gasteiger partial charge in [0.2, 0.25) is 5.91 Å². The minimum absolute atomic E-state index is 0.0768. The zero-order valence-corrected chi connectivity index (χ0v) is 16.6. The summed E-state index contributed by atoms with van der Waals surface area (Å²) in [4.78, 5) is 25.4. The zero-order valence-electron chi connectivity index (χ0n) is 16.6. The third-order valence-corrected chi connectivity index (χ3v) is 4.23. The molecule has 2 amide bonds. The lowest BCUT2D eigenvalue weighted by molar-refractivity contribution is -0.118. The molecule has 0 radical (unpaired) electrons. The van der Waals surface area contributed by atoms with Crippen molar-refractivity contribution in [2.75, 3.05) is 19.5 Å². The lowest BCUT2D eigenvalue weighted by atomic mass is 10.0. The first kappa shape index (κ1) is 21.2. The fraction of sp³-hybridized carbons (Fsp3) is 0.333. The van der Waals surface area contributed by atoms with Crippen LogP contribution < -0.4 is 20.1 Å². The lowest BCUT2D eigenvalue weighted by Crippen LogP contribution is -2.47. The number of methoxy groups -OCH3 is 2. The second kappa shape index (κ2) is 9.21. The summed E-state index contributed by atoms with van der Waals surface area (Å²) in [6.07, 6.45) is 0. The van der Waals surface area contributed by atoms with Gasteiger partial charge in [0.05, 0.1) is 19.9 Å². The molecule has 1 unspecified atom stereocenters. The molecule has 7 heteroatoms. The van der Waals surface area contributed by atoms with Crippen LogP contribution in [0.1, 0.15) is 29.8 Å². The van der Waals surface area contributed by atoms with E-state index in [-0.39, 0.29) is 17.2 Å². The molecule has 6 nitrogen and oxygen atoms in total. The van der Waals surface area contributed by atoms with E-state index in [0.29, 0.717) is 11.5 Å². The van der Waals surface area contributed by atoms with Crippen molar-refractivity contribution in [3.63, 3.8) is 0 Å². The molecule has 28 heavy (non-hydrogen) atoms. The van der Waals surface area contributed by atoms with Crippen LogP contribution in [0.5, 0.6) is 11.5 Å². The van der Waals surface area contributed by atoms with Gasteiger partial charge in [-0.1, -0.05) is 19.9 Å². The van der Waals surface area contributed by atoms with E-state index in [4.69, 9.17) is 9.47 Å². The SMILES string of the molecule is COc1cc(OC)cc(C(=O)NC(C(=O)Nc2cc(C)ccc2F)C(C)C)c1. The van der Waals surface area contributed by atoms with E-state index in [1.54, 1.807) is 51.1 Å². The standard InChI is InChI=1S/C21H25FN2O4/c1-12(2)19(21(26)23-18-8-13(3)6-7-17(18)22)24-20(25)14-9-15(27-4)11-16(10-14)28-5/h6-12,19H,1-5H3,(H,23,26)(H,24,25). The number of aryl methyl sites for hydroxylation is 1. The molecule has 0 aliphatic carbocycles. The number of benzene rings is 2. The molecule has 150 valence electrons. The summed E-state index contributed by atoms with van der Waals surface area (Å²) in [6, 6.07) is 8.33. The number of hydrogen-bond acceptors (Lipinski definition) is 4. The summed E-state index contributed by atoms with van der Waals surface area (Å²) in [5, 5.41) is 5.26. The van der Waals surface area contributed by atoms with Gasteiger partial charge in [-0.05, 0) is 42.7 Å². The lowest BCUT2D eigenvalue weighted by Gasteiger charge is -2.22. The average molecular weight is 388 g/mol. The Morgan fingerprint density at radius 3 is 2.14 bits per heavy atom.